The monoisotopic (exact) mass is 502 g/mol. The smallest absolute Gasteiger partial charge is 0.270 e. The highest BCUT2D eigenvalue weighted by molar-refractivity contribution is 6.28. The van der Waals surface area contributed by atoms with E-state index in [9.17, 15) is 20.3 Å². The summed E-state index contributed by atoms with van der Waals surface area (Å²) in [7, 11) is 0. The number of hydrogen-bond acceptors (Lipinski definition) is 11. The van der Waals surface area contributed by atoms with Gasteiger partial charge in [-0.15, -0.1) is 10.2 Å². The van der Waals surface area contributed by atoms with Crippen LogP contribution < -0.4 is 11.1 Å². The largest absolute Gasteiger partial charge is 0.506 e. The van der Waals surface area contributed by atoms with Crippen LogP contribution in [-0.4, -0.2) is 30.1 Å². The lowest BCUT2D eigenvalue weighted by atomic mass is 10.1. The zero-order valence-corrected chi connectivity index (χ0v) is 18.9. The Bertz CT molecular complexity index is 1690. The van der Waals surface area contributed by atoms with E-state index in [1.54, 1.807) is 36.4 Å². The van der Waals surface area contributed by atoms with Gasteiger partial charge in [0.15, 0.2) is 5.75 Å². The van der Waals surface area contributed by atoms with E-state index in [4.69, 9.17) is 17.3 Å². The summed E-state index contributed by atoms with van der Waals surface area (Å²) in [4.78, 5) is 22.2. The number of fused-ring (bicyclic) bond motifs is 2. The molecule has 4 aromatic carbocycles. The van der Waals surface area contributed by atoms with E-state index in [1.165, 1.54) is 24.3 Å². The van der Waals surface area contributed by atoms with Gasteiger partial charge in [-0.3, -0.25) is 10.1 Å². The number of rotatable bonds is 5. The van der Waals surface area contributed by atoms with Gasteiger partial charge in [-0.25, -0.2) is 0 Å². The minimum atomic E-state index is -0.504. The van der Waals surface area contributed by atoms with E-state index in [2.05, 4.69) is 30.5 Å². The van der Waals surface area contributed by atoms with Crippen molar-refractivity contribution in [2.75, 3.05) is 11.1 Å². The Morgan fingerprint density at radius 1 is 0.917 bits per heavy atom. The van der Waals surface area contributed by atoms with Crippen molar-refractivity contribution in [3.05, 3.63) is 76.1 Å². The summed E-state index contributed by atoms with van der Waals surface area (Å²) >= 11 is 5.81. The van der Waals surface area contributed by atoms with Crippen LogP contribution in [0.2, 0.25) is 5.28 Å². The minimum absolute atomic E-state index is 0.0265. The molecule has 1 aromatic heterocycles. The minimum Gasteiger partial charge on any atom is -0.506 e. The number of hydrogen-bond donors (Lipinski definition) is 4. The van der Waals surface area contributed by atoms with Gasteiger partial charge in [-0.2, -0.15) is 15.0 Å². The van der Waals surface area contributed by atoms with Crippen molar-refractivity contribution in [3.8, 4) is 11.5 Å². The number of aromatic nitrogens is 3. The average molecular weight is 503 g/mol. The number of nitro benzene ring substituents is 1. The van der Waals surface area contributed by atoms with E-state index in [0.717, 1.165) is 0 Å². The number of nitrogens with one attached hydrogen (secondary N) is 1. The highest BCUT2D eigenvalue weighted by atomic mass is 35.5. The van der Waals surface area contributed by atoms with Crippen LogP contribution in [-0.2, 0) is 0 Å². The van der Waals surface area contributed by atoms with Gasteiger partial charge in [0.1, 0.15) is 17.1 Å². The average Bonchev–Trinajstić information content (AvgIpc) is 2.83. The first-order valence-electron chi connectivity index (χ1n) is 10.3. The third-order valence-corrected chi connectivity index (χ3v) is 5.44. The number of azo groups is 1. The maximum Gasteiger partial charge on any atom is 0.270 e. The molecule has 0 amide bonds. The normalized spacial score (nSPS) is 11.4. The third kappa shape index (κ3) is 4.35. The number of non-ortho nitro benzene ring substituents is 1. The van der Waals surface area contributed by atoms with Crippen molar-refractivity contribution in [2.45, 2.75) is 0 Å². The Morgan fingerprint density at radius 3 is 2.44 bits per heavy atom. The first kappa shape index (κ1) is 22.7. The summed E-state index contributed by atoms with van der Waals surface area (Å²) in [5.74, 6) is -0.135. The molecular weight excluding hydrogens is 488 g/mol. The maximum absolute atomic E-state index is 11.1. The number of phenols is 2. The molecular formula is C23H15ClN8O4. The number of phenolic OH excluding ortho intramolecular Hbond substituents is 2. The van der Waals surface area contributed by atoms with Crippen molar-refractivity contribution in [2.24, 2.45) is 10.2 Å². The molecule has 1 heterocycles. The summed E-state index contributed by atoms with van der Waals surface area (Å²) in [5, 5.41) is 45.5. The van der Waals surface area contributed by atoms with Crippen LogP contribution in [0, 0.1) is 10.1 Å². The molecule has 0 aliphatic heterocycles. The van der Waals surface area contributed by atoms with Crippen LogP contribution in [0.15, 0.2) is 70.9 Å². The van der Waals surface area contributed by atoms with E-state index in [0.29, 0.717) is 27.2 Å². The Kier molecular flexibility index (Phi) is 5.62. The highest BCUT2D eigenvalue weighted by Gasteiger charge is 2.13. The van der Waals surface area contributed by atoms with Gasteiger partial charge in [-0.05, 0) is 58.8 Å². The van der Waals surface area contributed by atoms with Crippen LogP contribution in [0.3, 0.4) is 0 Å². The molecule has 12 nitrogen and oxygen atoms in total. The number of halogens is 1. The lowest BCUT2D eigenvalue weighted by molar-refractivity contribution is -0.384. The Labute approximate surface area is 206 Å². The first-order chi connectivity index (χ1) is 17.3. The van der Waals surface area contributed by atoms with Crippen molar-refractivity contribution < 1.29 is 15.1 Å². The van der Waals surface area contributed by atoms with Crippen molar-refractivity contribution in [1.82, 2.24) is 15.0 Å². The lowest BCUT2D eigenvalue weighted by Gasteiger charge is -2.09. The van der Waals surface area contributed by atoms with Gasteiger partial charge in [0.25, 0.3) is 5.69 Å². The summed E-state index contributed by atoms with van der Waals surface area (Å²) in [6.45, 7) is 0. The van der Waals surface area contributed by atoms with Crippen LogP contribution >= 0.6 is 11.6 Å². The Balaban J connectivity index is 1.47. The third-order valence-electron chi connectivity index (χ3n) is 5.27. The van der Waals surface area contributed by atoms with Gasteiger partial charge in [0.2, 0.25) is 17.2 Å². The molecule has 0 saturated carbocycles. The first-order valence-corrected chi connectivity index (χ1v) is 10.7. The molecule has 178 valence electrons. The number of nitrogen functional groups attached to an aromatic ring is 1. The number of anilines is 3. The van der Waals surface area contributed by atoms with Crippen LogP contribution in [0.25, 0.3) is 21.5 Å². The van der Waals surface area contributed by atoms with E-state index >= 15 is 0 Å². The quantitative estimate of drug-likeness (QED) is 0.129. The zero-order valence-electron chi connectivity index (χ0n) is 18.1. The molecule has 0 radical (unpaired) electrons. The molecule has 13 heteroatoms. The van der Waals surface area contributed by atoms with Crippen molar-refractivity contribution in [3.63, 3.8) is 0 Å². The molecule has 0 saturated heterocycles. The van der Waals surface area contributed by atoms with Crippen LogP contribution in [0.5, 0.6) is 11.5 Å². The van der Waals surface area contributed by atoms with E-state index in [1.807, 2.05) is 0 Å². The number of nitrogens with two attached hydrogens (primary N) is 1. The number of nitrogens with zero attached hydrogens (tertiary/aromatic N) is 6. The number of nitro groups is 1. The van der Waals surface area contributed by atoms with Crippen LogP contribution in [0.1, 0.15) is 0 Å². The van der Waals surface area contributed by atoms with Crippen molar-refractivity contribution >= 4 is 67.8 Å². The Hall–Kier alpha value is -5.10. The number of aromatic hydroxyl groups is 2. The standard InChI is InChI=1S/C23H15ClN8O4/c24-21-27-22(25)29-23(28-21)26-13-3-5-16-11(9-13)1-7-17(20(16)34)30-31-19-15-6-4-14(32(35)36)10-12(15)2-8-18(19)33/h1-10,33-34H,(H3,25,26,27,28,29). The second kappa shape index (κ2) is 8.92. The fourth-order valence-corrected chi connectivity index (χ4v) is 3.79. The molecule has 0 fully saturated rings. The van der Waals surface area contributed by atoms with Gasteiger partial charge in [0, 0.05) is 28.6 Å². The molecule has 0 atom stereocenters. The second-order valence-electron chi connectivity index (χ2n) is 7.58. The van der Waals surface area contributed by atoms with Gasteiger partial charge >= 0.3 is 0 Å². The highest BCUT2D eigenvalue weighted by Crippen LogP contribution is 2.40. The topological polar surface area (TPSA) is 185 Å². The zero-order chi connectivity index (χ0) is 25.4. The summed E-state index contributed by atoms with van der Waals surface area (Å²) in [6.07, 6.45) is 0. The maximum atomic E-state index is 11.1. The summed E-state index contributed by atoms with van der Waals surface area (Å²) < 4.78 is 0. The lowest BCUT2D eigenvalue weighted by Crippen LogP contribution is -2.03. The molecule has 5 aromatic rings. The molecule has 0 bridgehead atoms. The molecule has 0 spiro atoms. The van der Waals surface area contributed by atoms with E-state index in [-0.39, 0.29) is 45.7 Å². The molecule has 0 aliphatic carbocycles. The molecule has 0 aliphatic rings. The van der Waals surface area contributed by atoms with Gasteiger partial charge < -0.3 is 21.3 Å². The van der Waals surface area contributed by atoms with Crippen LogP contribution in [0.4, 0.5) is 34.6 Å². The summed E-state index contributed by atoms with van der Waals surface area (Å²) in [5.41, 5.74) is 6.41. The SMILES string of the molecule is Nc1nc(Cl)nc(Nc2ccc3c(O)c(N=Nc4c(O)ccc5cc([N+](=O)[O-])ccc45)ccc3c2)n1. The summed E-state index contributed by atoms with van der Waals surface area (Å²) in [6, 6.07) is 15.5. The molecule has 5 rings (SSSR count). The van der Waals surface area contributed by atoms with Gasteiger partial charge in [0.05, 0.1) is 4.92 Å². The second-order valence-corrected chi connectivity index (χ2v) is 7.91. The number of benzene rings is 4. The Morgan fingerprint density at radius 2 is 1.67 bits per heavy atom. The fraction of sp³-hybridized carbons (Fsp3) is 0. The molecule has 36 heavy (non-hydrogen) atoms. The molecule has 5 N–H and O–H groups in total. The van der Waals surface area contributed by atoms with Gasteiger partial charge in [-0.1, -0.05) is 12.1 Å². The fourth-order valence-electron chi connectivity index (χ4n) is 3.62. The predicted molar refractivity (Wildman–Crippen MR) is 135 cm³/mol. The molecule has 0 unspecified atom stereocenters. The predicted octanol–water partition coefficient (Wildman–Crippen LogP) is 5.89. The van der Waals surface area contributed by atoms with Crippen molar-refractivity contribution in [1.29, 1.82) is 0 Å². The van der Waals surface area contributed by atoms with E-state index < -0.39 is 4.92 Å².